The topological polar surface area (TPSA) is 71.3 Å². The fraction of sp³-hybridized carbons (Fsp3) is 0.375. The average molecular weight is 374 g/mol. The van der Waals surface area contributed by atoms with E-state index < -0.39 is 17.7 Å². The SMILES string of the molecule is COCCOC(=O)/C(C#N)=C(/NCc1ccc(C(F)(F)F)cc1)SC. The lowest BCUT2D eigenvalue weighted by Crippen LogP contribution is -2.18. The number of esters is 1. The van der Waals surface area contributed by atoms with Crippen molar-refractivity contribution in [2.75, 3.05) is 26.6 Å². The lowest BCUT2D eigenvalue weighted by Gasteiger charge is -2.12. The summed E-state index contributed by atoms with van der Waals surface area (Å²) < 4.78 is 47.3. The molecule has 1 rings (SSSR count). The number of thioether (sulfide) groups is 1. The minimum Gasteiger partial charge on any atom is -0.459 e. The highest BCUT2D eigenvalue weighted by Crippen LogP contribution is 2.29. The van der Waals surface area contributed by atoms with E-state index in [9.17, 15) is 18.0 Å². The van der Waals surface area contributed by atoms with E-state index in [-0.39, 0.29) is 30.4 Å². The Morgan fingerprint density at radius 2 is 1.92 bits per heavy atom. The van der Waals surface area contributed by atoms with Crippen molar-refractivity contribution in [1.82, 2.24) is 5.32 Å². The van der Waals surface area contributed by atoms with Gasteiger partial charge in [0, 0.05) is 13.7 Å². The van der Waals surface area contributed by atoms with Crippen molar-refractivity contribution >= 4 is 17.7 Å². The molecule has 0 aliphatic carbocycles. The van der Waals surface area contributed by atoms with Gasteiger partial charge in [0.2, 0.25) is 0 Å². The number of rotatable bonds is 8. The molecule has 0 aromatic heterocycles. The van der Waals surface area contributed by atoms with Crippen LogP contribution in [0, 0.1) is 11.3 Å². The number of methoxy groups -OCH3 is 1. The van der Waals surface area contributed by atoms with Gasteiger partial charge in [-0.2, -0.15) is 18.4 Å². The van der Waals surface area contributed by atoms with Crippen molar-refractivity contribution in [3.8, 4) is 6.07 Å². The minimum atomic E-state index is -4.39. The molecule has 1 N–H and O–H groups in total. The van der Waals surface area contributed by atoms with Crippen molar-refractivity contribution < 1.29 is 27.4 Å². The monoisotopic (exact) mass is 374 g/mol. The van der Waals surface area contributed by atoms with Crippen LogP contribution in [0.15, 0.2) is 34.9 Å². The molecule has 0 fully saturated rings. The van der Waals surface area contributed by atoms with Crippen LogP contribution in [-0.4, -0.2) is 32.5 Å². The van der Waals surface area contributed by atoms with E-state index in [0.29, 0.717) is 5.56 Å². The maximum absolute atomic E-state index is 12.5. The summed E-state index contributed by atoms with van der Waals surface area (Å²) in [4.78, 5) is 11.9. The molecule has 0 saturated heterocycles. The minimum absolute atomic E-state index is 0.0150. The van der Waals surface area contributed by atoms with Gasteiger partial charge >= 0.3 is 12.1 Å². The summed E-state index contributed by atoms with van der Waals surface area (Å²) in [5.41, 5.74) is -0.364. The summed E-state index contributed by atoms with van der Waals surface area (Å²) in [6, 6.07) is 6.39. The number of halogens is 3. The van der Waals surface area contributed by atoms with E-state index in [0.717, 1.165) is 23.9 Å². The van der Waals surface area contributed by atoms with Crippen LogP contribution in [0.1, 0.15) is 11.1 Å². The number of nitrogens with one attached hydrogen (secondary N) is 1. The number of hydrogen-bond acceptors (Lipinski definition) is 6. The molecule has 25 heavy (non-hydrogen) atoms. The number of carbonyl (C=O) groups excluding carboxylic acids is 1. The zero-order valence-corrected chi connectivity index (χ0v) is 14.5. The smallest absolute Gasteiger partial charge is 0.416 e. The first kappa shape index (κ1) is 20.9. The normalized spacial score (nSPS) is 12.2. The molecule has 136 valence electrons. The Balaban J connectivity index is 2.79. The van der Waals surface area contributed by atoms with Crippen LogP contribution in [-0.2, 0) is 27.0 Å². The number of carbonyl (C=O) groups is 1. The molecule has 0 bridgehead atoms. The maximum atomic E-state index is 12.5. The Morgan fingerprint density at radius 1 is 1.28 bits per heavy atom. The Labute approximate surface area is 147 Å². The van der Waals surface area contributed by atoms with Crippen molar-refractivity contribution in [1.29, 1.82) is 5.26 Å². The summed E-state index contributed by atoms with van der Waals surface area (Å²) in [6.45, 7) is 0.379. The fourth-order valence-electron chi connectivity index (χ4n) is 1.74. The summed E-state index contributed by atoms with van der Waals surface area (Å²) in [5.74, 6) is -0.788. The summed E-state index contributed by atoms with van der Waals surface area (Å²) in [7, 11) is 1.45. The molecule has 1 aromatic carbocycles. The second kappa shape index (κ2) is 9.96. The van der Waals surface area contributed by atoms with E-state index in [1.807, 2.05) is 0 Å². The van der Waals surface area contributed by atoms with Crippen LogP contribution in [0.3, 0.4) is 0 Å². The number of alkyl halides is 3. The van der Waals surface area contributed by atoms with Crippen LogP contribution in [0.5, 0.6) is 0 Å². The van der Waals surface area contributed by atoms with Gasteiger partial charge in [0.1, 0.15) is 12.7 Å². The van der Waals surface area contributed by atoms with Gasteiger partial charge < -0.3 is 14.8 Å². The summed E-state index contributed by atoms with van der Waals surface area (Å²) >= 11 is 1.13. The molecule has 0 aliphatic rings. The van der Waals surface area contributed by atoms with Gasteiger partial charge in [-0.15, -0.1) is 11.8 Å². The highest BCUT2D eigenvalue weighted by atomic mass is 32.2. The first-order valence-corrected chi connectivity index (χ1v) is 8.30. The molecule has 0 atom stereocenters. The Hall–Kier alpha value is -2.18. The van der Waals surface area contributed by atoms with Crippen LogP contribution < -0.4 is 5.32 Å². The first-order chi connectivity index (χ1) is 11.8. The van der Waals surface area contributed by atoms with Gasteiger partial charge in [-0.25, -0.2) is 4.79 Å². The van der Waals surface area contributed by atoms with Crippen LogP contribution >= 0.6 is 11.8 Å². The van der Waals surface area contributed by atoms with Gasteiger partial charge in [-0.3, -0.25) is 0 Å². The van der Waals surface area contributed by atoms with Crippen molar-refractivity contribution in [3.05, 3.63) is 46.0 Å². The van der Waals surface area contributed by atoms with E-state index in [4.69, 9.17) is 14.7 Å². The van der Waals surface area contributed by atoms with Crippen LogP contribution in [0.4, 0.5) is 13.2 Å². The molecule has 0 spiro atoms. The second-order valence-corrected chi connectivity index (χ2v) is 5.51. The Kier molecular flexibility index (Phi) is 8.31. The van der Waals surface area contributed by atoms with Crippen molar-refractivity contribution in [3.63, 3.8) is 0 Å². The molecular weight excluding hydrogens is 357 g/mol. The van der Waals surface area contributed by atoms with Gasteiger partial charge in [0.05, 0.1) is 17.2 Å². The number of ether oxygens (including phenoxy) is 2. The molecule has 0 radical (unpaired) electrons. The highest BCUT2D eigenvalue weighted by Gasteiger charge is 2.29. The van der Waals surface area contributed by atoms with E-state index in [2.05, 4.69) is 5.32 Å². The standard InChI is InChI=1S/C16H17F3N2O3S/c1-23-7-8-24-15(22)13(9-20)14(25-2)21-10-11-3-5-12(6-4-11)16(17,18)19/h3-6,21H,7-8,10H2,1-2H3/b14-13-. The van der Waals surface area contributed by atoms with E-state index >= 15 is 0 Å². The first-order valence-electron chi connectivity index (χ1n) is 7.08. The number of nitrogens with zero attached hydrogens (tertiary/aromatic N) is 1. The quantitative estimate of drug-likeness (QED) is 0.326. The highest BCUT2D eigenvalue weighted by molar-refractivity contribution is 8.02. The van der Waals surface area contributed by atoms with Crippen LogP contribution in [0.2, 0.25) is 0 Å². The molecule has 5 nitrogen and oxygen atoms in total. The van der Waals surface area contributed by atoms with Gasteiger partial charge in [0.25, 0.3) is 0 Å². The third kappa shape index (κ3) is 6.68. The van der Waals surface area contributed by atoms with Gasteiger partial charge in [-0.05, 0) is 24.0 Å². The molecule has 0 unspecified atom stereocenters. The average Bonchev–Trinajstić information content (AvgIpc) is 2.58. The predicted octanol–water partition coefficient (Wildman–Crippen LogP) is 3.08. The van der Waals surface area contributed by atoms with Gasteiger partial charge in [0.15, 0.2) is 5.57 Å². The molecular formula is C16H17F3N2O3S. The maximum Gasteiger partial charge on any atom is 0.416 e. The lowest BCUT2D eigenvalue weighted by atomic mass is 10.1. The van der Waals surface area contributed by atoms with E-state index in [1.165, 1.54) is 19.2 Å². The molecule has 9 heteroatoms. The largest absolute Gasteiger partial charge is 0.459 e. The Bertz CT molecular complexity index is 652. The second-order valence-electron chi connectivity index (χ2n) is 4.70. The van der Waals surface area contributed by atoms with E-state index in [1.54, 1.807) is 12.3 Å². The zero-order chi connectivity index (χ0) is 18.9. The zero-order valence-electron chi connectivity index (χ0n) is 13.6. The summed E-state index contributed by atoms with van der Waals surface area (Å²) in [5, 5.41) is 12.3. The van der Waals surface area contributed by atoms with Crippen molar-refractivity contribution in [2.45, 2.75) is 12.7 Å². The number of hydrogen-bond donors (Lipinski definition) is 1. The number of nitriles is 1. The lowest BCUT2D eigenvalue weighted by molar-refractivity contribution is -0.140. The third-order valence-corrected chi connectivity index (χ3v) is 3.76. The molecule has 1 aromatic rings. The molecule has 0 heterocycles. The van der Waals surface area contributed by atoms with Crippen LogP contribution in [0.25, 0.3) is 0 Å². The van der Waals surface area contributed by atoms with Gasteiger partial charge in [-0.1, -0.05) is 12.1 Å². The van der Waals surface area contributed by atoms with Crippen molar-refractivity contribution in [2.24, 2.45) is 0 Å². The molecule has 0 aliphatic heterocycles. The number of benzene rings is 1. The molecule has 0 amide bonds. The fourth-order valence-corrected chi connectivity index (χ4v) is 2.29. The third-order valence-electron chi connectivity index (χ3n) is 3.00. The molecule has 0 saturated carbocycles. The summed E-state index contributed by atoms with van der Waals surface area (Å²) in [6.07, 6.45) is -2.73. The predicted molar refractivity (Wildman–Crippen MR) is 87.3 cm³/mol. The Morgan fingerprint density at radius 3 is 2.40 bits per heavy atom.